The zero-order valence-electron chi connectivity index (χ0n) is 12.1. The minimum absolute atomic E-state index is 0.125. The van der Waals surface area contributed by atoms with Gasteiger partial charge < -0.3 is 21.5 Å². The Morgan fingerprint density at radius 3 is 2.65 bits per heavy atom. The molecular weight excluding hydrogens is 256 g/mol. The molecule has 0 saturated carbocycles. The van der Waals surface area contributed by atoms with Gasteiger partial charge in [0.15, 0.2) is 12.6 Å². The first-order chi connectivity index (χ1) is 9.26. The fourth-order valence-electron chi connectivity index (χ4n) is 1.49. The van der Waals surface area contributed by atoms with E-state index in [4.69, 9.17) is 16.2 Å². The van der Waals surface area contributed by atoms with Gasteiger partial charge in [0.05, 0.1) is 6.54 Å². The summed E-state index contributed by atoms with van der Waals surface area (Å²) in [5.41, 5.74) is 11.6. The number of ether oxygens (including phenoxy) is 1. The third-order valence-electron chi connectivity index (χ3n) is 2.21. The summed E-state index contributed by atoms with van der Waals surface area (Å²) < 4.78 is 5.23. The highest BCUT2D eigenvalue weighted by Gasteiger charge is 2.09. The molecule has 0 unspecified atom stereocenters. The molecule has 0 fully saturated rings. The average molecular weight is 278 g/mol. The van der Waals surface area contributed by atoms with E-state index >= 15 is 0 Å². The van der Waals surface area contributed by atoms with Crippen molar-refractivity contribution < 1.29 is 9.53 Å². The molecule has 5 N–H and O–H groups in total. The number of carbonyl (C=O) groups excluding carboxylic acids is 1. The molecule has 0 bridgehead atoms. The van der Waals surface area contributed by atoms with E-state index in [-0.39, 0.29) is 12.1 Å². The van der Waals surface area contributed by atoms with Gasteiger partial charge in [0, 0.05) is 5.54 Å². The summed E-state index contributed by atoms with van der Waals surface area (Å²) in [4.78, 5) is 14.9. The van der Waals surface area contributed by atoms with Crippen LogP contribution in [0.3, 0.4) is 0 Å². The summed E-state index contributed by atoms with van der Waals surface area (Å²) in [6.07, 6.45) is 0. The number of nitrogens with one attached hydrogen (secondary N) is 1. The molecule has 0 aliphatic rings. The Hall–Kier alpha value is -2.24. The van der Waals surface area contributed by atoms with Crippen LogP contribution < -0.4 is 21.5 Å². The van der Waals surface area contributed by atoms with E-state index in [1.165, 1.54) is 0 Å². The number of nitrogens with zero attached hydrogens (tertiary/aromatic N) is 1. The third kappa shape index (κ3) is 6.63. The molecule has 0 atom stereocenters. The van der Waals surface area contributed by atoms with E-state index in [2.05, 4.69) is 10.3 Å². The lowest BCUT2D eigenvalue weighted by atomic mass is 10.1. The first-order valence-corrected chi connectivity index (χ1v) is 6.34. The van der Waals surface area contributed by atoms with Crippen LogP contribution in [0.5, 0.6) is 5.75 Å². The van der Waals surface area contributed by atoms with Crippen molar-refractivity contribution >= 4 is 11.9 Å². The zero-order chi connectivity index (χ0) is 15.2. The number of guanidine groups is 1. The molecular formula is C14H22N4O2. The molecule has 1 aromatic carbocycles. The van der Waals surface area contributed by atoms with Crippen LogP contribution in [0.15, 0.2) is 29.3 Å². The smallest absolute Gasteiger partial charge is 0.255 e. The second-order valence-electron chi connectivity index (χ2n) is 5.48. The van der Waals surface area contributed by atoms with Crippen molar-refractivity contribution in [1.29, 1.82) is 0 Å². The Bertz CT molecular complexity index is 492. The van der Waals surface area contributed by atoms with Gasteiger partial charge in [-0.25, -0.2) is 4.99 Å². The summed E-state index contributed by atoms with van der Waals surface area (Å²) in [5.74, 6) is 0.465. The highest BCUT2D eigenvalue weighted by Crippen LogP contribution is 2.14. The lowest BCUT2D eigenvalue weighted by Gasteiger charge is -2.21. The molecule has 1 amide bonds. The van der Waals surface area contributed by atoms with Crippen molar-refractivity contribution in [3.05, 3.63) is 29.8 Å². The van der Waals surface area contributed by atoms with Crippen molar-refractivity contribution in [3.63, 3.8) is 0 Å². The molecule has 0 aliphatic heterocycles. The van der Waals surface area contributed by atoms with Crippen molar-refractivity contribution in [1.82, 2.24) is 5.32 Å². The molecule has 0 heterocycles. The number of hydrogen-bond acceptors (Lipinski definition) is 3. The highest BCUT2D eigenvalue weighted by molar-refractivity contribution is 5.78. The Labute approximate surface area is 119 Å². The molecule has 0 aliphatic carbocycles. The maximum atomic E-state index is 10.7. The van der Waals surface area contributed by atoms with Crippen LogP contribution in [-0.2, 0) is 11.3 Å². The van der Waals surface area contributed by atoms with E-state index in [1.54, 1.807) is 12.1 Å². The minimum Gasteiger partial charge on any atom is -0.484 e. The number of benzene rings is 1. The van der Waals surface area contributed by atoms with Crippen LogP contribution in [-0.4, -0.2) is 24.0 Å². The predicted octanol–water partition coefficient (Wildman–Crippen LogP) is 0.754. The zero-order valence-corrected chi connectivity index (χ0v) is 12.1. The molecule has 0 spiro atoms. The standard InChI is InChI=1S/C14H22N4O2/c1-14(2,3)18-13(16)17-8-10-5-4-6-11(7-10)20-9-12(15)19/h4-7H,8-9H2,1-3H3,(H2,15,19)(H3,16,17,18). The van der Waals surface area contributed by atoms with E-state index in [0.29, 0.717) is 18.3 Å². The topological polar surface area (TPSA) is 103 Å². The van der Waals surface area contributed by atoms with Crippen LogP contribution in [0.1, 0.15) is 26.3 Å². The molecule has 20 heavy (non-hydrogen) atoms. The van der Waals surface area contributed by atoms with Gasteiger partial charge in [-0.1, -0.05) is 12.1 Å². The number of hydrogen-bond donors (Lipinski definition) is 3. The summed E-state index contributed by atoms with van der Waals surface area (Å²) in [6.45, 7) is 6.32. The Kier molecular flexibility index (Phi) is 5.37. The van der Waals surface area contributed by atoms with E-state index < -0.39 is 5.91 Å². The molecule has 0 aromatic heterocycles. The normalized spacial score (nSPS) is 12.1. The van der Waals surface area contributed by atoms with Gasteiger partial charge in [-0.15, -0.1) is 0 Å². The van der Waals surface area contributed by atoms with E-state index in [1.807, 2.05) is 32.9 Å². The van der Waals surface area contributed by atoms with Gasteiger partial charge in [-0.05, 0) is 38.5 Å². The van der Waals surface area contributed by atoms with E-state index in [9.17, 15) is 4.79 Å². The molecule has 6 heteroatoms. The summed E-state index contributed by atoms with van der Waals surface area (Å²) in [6, 6.07) is 7.29. The molecule has 110 valence electrons. The van der Waals surface area contributed by atoms with Crippen molar-refractivity contribution in [3.8, 4) is 5.75 Å². The lowest BCUT2D eigenvalue weighted by Crippen LogP contribution is -2.44. The quantitative estimate of drug-likeness (QED) is 0.546. The fourth-order valence-corrected chi connectivity index (χ4v) is 1.49. The molecule has 0 saturated heterocycles. The first-order valence-electron chi connectivity index (χ1n) is 6.34. The number of nitrogens with two attached hydrogens (primary N) is 2. The average Bonchev–Trinajstić information content (AvgIpc) is 2.32. The molecule has 0 radical (unpaired) electrons. The number of rotatable bonds is 5. The molecule has 1 rings (SSSR count). The van der Waals surface area contributed by atoms with Crippen molar-refractivity contribution in [2.45, 2.75) is 32.9 Å². The molecule has 6 nitrogen and oxygen atoms in total. The maximum Gasteiger partial charge on any atom is 0.255 e. The number of primary amides is 1. The van der Waals surface area contributed by atoms with Crippen LogP contribution in [0.2, 0.25) is 0 Å². The van der Waals surface area contributed by atoms with Gasteiger partial charge in [-0.2, -0.15) is 0 Å². The van der Waals surface area contributed by atoms with Gasteiger partial charge in [0.25, 0.3) is 5.91 Å². The Morgan fingerprint density at radius 1 is 1.35 bits per heavy atom. The largest absolute Gasteiger partial charge is 0.484 e. The monoisotopic (exact) mass is 278 g/mol. The van der Waals surface area contributed by atoms with Gasteiger partial charge in [0.1, 0.15) is 5.75 Å². The Balaban J connectivity index is 2.62. The molecule has 1 aromatic rings. The SMILES string of the molecule is CC(C)(C)NC(N)=NCc1cccc(OCC(N)=O)c1. The summed E-state index contributed by atoms with van der Waals surface area (Å²) in [5, 5.41) is 3.08. The van der Waals surface area contributed by atoms with Gasteiger partial charge in [0.2, 0.25) is 0 Å². The van der Waals surface area contributed by atoms with Crippen LogP contribution in [0, 0.1) is 0 Å². The second kappa shape index (κ2) is 6.79. The minimum atomic E-state index is -0.507. The van der Waals surface area contributed by atoms with E-state index in [0.717, 1.165) is 5.56 Å². The fraction of sp³-hybridized carbons (Fsp3) is 0.429. The second-order valence-corrected chi connectivity index (χ2v) is 5.48. The van der Waals surface area contributed by atoms with Crippen LogP contribution in [0.4, 0.5) is 0 Å². The van der Waals surface area contributed by atoms with Crippen molar-refractivity contribution in [2.24, 2.45) is 16.5 Å². The Morgan fingerprint density at radius 2 is 2.05 bits per heavy atom. The number of amides is 1. The van der Waals surface area contributed by atoms with Crippen molar-refractivity contribution in [2.75, 3.05) is 6.61 Å². The van der Waals surface area contributed by atoms with Crippen LogP contribution >= 0.6 is 0 Å². The van der Waals surface area contributed by atoms with Gasteiger partial charge >= 0.3 is 0 Å². The number of aliphatic imine (C=N–C) groups is 1. The number of carbonyl (C=O) groups is 1. The summed E-state index contributed by atoms with van der Waals surface area (Å²) >= 11 is 0. The maximum absolute atomic E-state index is 10.7. The third-order valence-corrected chi connectivity index (χ3v) is 2.21. The van der Waals surface area contributed by atoms with Gasteiger partial charge in [-0.3, -0.25) is 4.79 Å². The van der Waals surface area contributed by atoms with Crippen LogP contribution in [0.25, 0.3) is 0 Å². The first kappa shape index (κ1) is 15.8. The highest BCUT2D eigenvalue weighted by atomic mass is 16.5. The lowest BCUT2D eigenvalue weighted by molar-refractivity contribution is -0.119. The predicted molar refractivity (Wildman–Crippen MR) is 79.3 cm³/mol. The summed E-state index contributed by atoms with van der Waals surface area (Å²) in [7, 11) is 0.